The molecule has 25 heavy (non-hydrogen) atoms. The minimum absolute atomic E-state index is 0.313. The zero-order valence-electron chi connectivity index (χ0n) is 13.6. The molecule has 0 aliphatic carbocycles. The van der Waals surface area contributed by atoms with E-state index in [9.17, 15) is 9.59 Å². The summed E-state index contributed by atoms with van der Waals surface area (Å²) in [4.78, 5) is 24.7. The zero-order valence-corrected chi connectivity index (χ0v) is 15.1. The Morgan fingerprint density at radius 1 is 1.16 bits per heavy atom. The number of oxazole rings is 1. The summed E-state index contributed by atoms with van der Waals surface area (Å²) in [7, 11) is 0. The standard InChI is InChI=1S/C18H16Cl2N2O3/c1-10(13-8-7-12(19)9-14(13)20)21-17(23)11(2)22-15-5-3-4-6-16(15)25-18(22)24/h3-11H,1-2H3,(H,21,23)/t10-,11+/m1/s1. The highest BCUT2D eigenvalue weighted by Gasteiger charge is 2.23. The molecule has 0 unspecified atom stereocenters. The van der Waals surface area contributed by atoms with E-state index in [2.05, 4.69) is 5.32 Å². The SMILES string of the molecule is C[C@@H](NC(=O)[C@H](C)n1c(=O)oc2ccccc21)c1ccc(Cl)cc1Cl. The van der Waals surface area contributed by atoms with E-state index < -0.39 is 11.8 Å². The second kappa shape index (κ2) is 6.94. The lowest BCUT2D eigenvalue weighted by atomic mass is 10.1. The van der Waals surface area contributed by atoms with Crippen molar-refractivity contribution in [2.24, 2.45) is 0 Å². The Balaban J connectivity index is 1.85. The Kier molecular flexibility index (Phi) is 4.88. The number of carbonyl (C=O) groups is 1. The highest BCUT2D eigenvalue weighted by molar-refractivity contribution is 6.35. The van der Waals surface area contributed by atoms with E-state index >= 15 is 0 Å². The van der Waals surface area contributed by atoms with Crippen molar-refractivity contribution >= 4 is 40.2 Å². The summed E-state index contributed by atoms with van der Waals surface area (Å²) in [5, 5.41) is 3.86. The van der Waals surface area contributed by atoms with Gasteiger partial charge in [-0.15, -0.1) is 0 Å². The normalized spacial score (nSPS) is 13.6. The van der Waals surface area contributed by atoms with Crippen molar-refractivity contribution in [2.75, 3.05) is 0 Å². The van der Waals surface area contributed by atoms with Gasteiger partial charge in [-0.3, -0.25) is 9.36 Å². The van der Waals surface area contributed by atoms with Crippen molar-refractivity contribution in [1.82, 2.24) is 9.88 Å². The van der Waals surface area contributed by atoms with Crippen LogP contribution in [0.5, 0.6) is 0 Å². The van der Waals surface area contributed by atoms with Gasteiger partial charge in [-0.2, -0.15) is 0 Å². The van der Waals surface area contributed by atoms with Gasteiger partial charge in [0.15, 0.2) is 5.58 Å². The summed E-state index contributed by atoms with van der Waals surface area (Å²) in [6.07, 6.45) is 0. The third-order valence-corrected chi connectivity index (χ3v) is 4.64. The topological polar surface area (TPSA) is 64.2 Å². The van der Waals surface area contributed by atoms with E-state index in [0.717, 1.165) is 5.56 Å². The van der Waals surface area contributed by atoms with Gasteiger partial charge in [0.05, 0.1) is 11.6 Å². The molecule has 0 saturated carbocycles. The van der Waals surface area contributed by atoms with Crippen molar-refractivity contribution in [3.63, 3.8) is 0 Å². The molecule has 3 rings (SSSR count). The molecule has 0 bridgehead atoms. The first-order valence-corrected chi connectivity index (χ1v) is 8.49. The summed E-state index contributed by atoms with van der Waals surface area (Å²) >= 11 is 12.1. The molecule has 0 fully saturated rings. The van der Waals surface area contributed by atoms with Crippen molar-refractivity contribution in [3.05, 3.63) is 68.6 Å². The molecule has 2 atom stereocenters. The van der Waals surface area contributed by atoms with Crippen LogP contribution in [0.1, 0.15) is 31.5 Å². The molecular formula is C18H16Cl2N2O3. The number of hydrogen-bond donors (Lipinski definition) is 1. The molecule has 7 heteroatoms. The zero-order chi connectivity index (χ0) is 18.1. The van der Waals surface area contributed by atoms with E-state index in [4.69, 9.17) is 27.6 Å². The fraction of sp³-hybridized carbons (Fsp3) is 0.222. The number of carbonyl (C=O) groups excluding carboxylic acids is 1. The first kappa shape index (κ1) is 17.6. The van der Waals surface area contributed by atoms with Gasteiger partial charge in [-0.05, 0) is 43.7 Å². The maximum atomic E-state index is 12.6. The van der Waals surface area contributed by atoms with Crippen molar-refractivity contribution < 1.29 is 9.21 Å². The average molecular weight is 379 g/mol. The van der Waals surface area contributed by atoms with Crippen LogP contribution < -0.4 is 11.1 Å². The maximum absolute atomic E-state index is 12.6. The fourth-order valence-corrected chi connectivity index (χ4v) is 3.30. The van der Waals surface area contributed by atoms with Gasteiger partial charge in [-0.25, -0.2) is 4.79 Å². The molecule has 1 N–H and O–H groups in total. The number of rotatable bonds is 4. The number of amides is 1. The van der Waals surface area contributed by atoms with Crippen LogP contribution in [-0.2, 0) is 4.79 Å². The summed E-state index contributed by atoms with van der Waals surface area (Å²) in [6, 6.07) is 11.0. The Labute approximate surface area is 154 Å². The number of aromatic nitrogens is 1. The molecule has 0 aliphatic rings. The Morgan fingerprint density at radius 3 is 2.60 bits per heavy atom. The van der Waals surface area contributed by atoms with Crippen LogP contribution in [-0.4, -0.2) is 10.5 Å². The smallest absolute Gasteiger partial charge is 0.408 e. The quantitative estimate of drug-likeness (QED) is 0.734. The number of para-hydroxylation sites is 2. The average Bonchev–Trinajstić information content (AvgIpc) is 2.89. The van der Waals surface area contributed by atoms with E-state index in [1.165, 1.54) is 4.57 Å². The lowest BCUT2D eigenvalue weighted by molar-refractivity contribution is -0.124. The number of nitrogens with zero attached hydrogens (tertiary/aromatic N) is 1. The number of fused-ring (bicyclic) bond motifs is 1. The molecule has 5 nitrogen and oxygen atoms in total. The van der Waals surface area contributed by atoms with Crippen LogP contribution >= 0.6 is 23.2 Å². The van der Waals surface area contributed by atoms with E-state index in [1.54, 1.807) is 49.4 Å². The highest BCUT2D eigenvalue weighted by Crippen LogP contribution is 2.26. The van der Waals surface area contributed by atoms with Gasteiger partial charge in [0.1, 0.15) is 6.04 Å². The largest absolute Gasteiger partial charge is 0.420 e. The van der Waals surface area contributed by atoms with E-state index in [1.807, 2.05) is 6.92 Å². The van der Waals surface area contributed by atoms with Gasteiger partial charge in [0.25, 0.3) is 0 Å². The van der Waals surface area contributed by atoms with Crippen LogP contribution in [0.15, 0.2) is 51.7 Å². The Hall–Kier alpha value is -2.24. The number of benzene rings is 2. The van der Waals surface area contributed by atoms with Crippen LogP contribution in [0.4, 0.5) is 0 Å². The monoisotopic (exact) mass is 378 g/mol. The summed E-state index contributed by atoms with van der Waals surface area (Å²) < 4.78 is 6.52. The molecule has 130 valence electrons. The third-order valence-electron chi connectivity index (χ3n) is 4.07. The lowest BCUT2D eigenvalue weighted by Crippen LogP contribution is -2.35. The fourth-order valence-electron chi connectivity index (χ4n) is 2.73. The highest BCUT2D eigenvalue weighted by atomic mass is 35.5. The Morgan fingerprint density at radius 2 is 1.88 bits per heavy atom. The maximum Gasteiger partial charge on any atom is 0.420 e. The van der Waals surface area contributed by atoms with Crippen LogP contribution in [0.3, 0.4) is 0 Å². The Bertz CT molecular complexity index is 993. The van der Waals surface area contributed by atoms with Crippen LogP contribution in [0.2, 0.25) is 10.0 Å². The van der Waals surface area contributed by atoms with E-state index in [-0.39, 0.29) is 11.9 Å². The molecule has 0 saturated heterocycles. The summed E-state index contributed by atoms with van der Waals surface area (Å²) in [5.74, 6) is -0.881. The molecule has 1 amide bonds. The minimum Gasteiger partial charge on any atom is -0.408 e. The number of nitrogens with one attached hydrogen (secondary N) is 1. The molecule has 1 aromatic heterocycles. The molecule has 0 radical (unpaired) electrons. The van der Waals surface area contributed by atoms with Gasteiger partial charge < -0.3 is 9.73 Å². The van der Waals surface area contributed by atoms with Gasteiger partial charge >= 0.3 is 5.76 Å². The number of hydrogen-bond acceptors (Lipinski definition) is 3. The van der Waals surface area contributed by atoms with Crippen molar-refractivity contribution in [3.8, 4) is 0 Å². The lowest BCUT2D eigenvalue weighted by Gasteiger charge is -2.19. The van der Waals surface area contributed by atoms with Crippen LogP contribution in [0, 0.1) is 0 Å². The summed E-state index contributed by atoms with van der Waals surface area (Å²) in [6.45, 7) is 3.46. The van der Waals surface area contributed by atoms with Crippen molar-refractivity contribution in [2.45, 2.75) is 25.9 Å². The van der Waals surface area contributed by atoms with Crippen molar-refractivity contribution in [1.29, 1.82) is 0 Å². The minimum atomic E-state index is -0.732. The molecule has 0 aliphatic heterocycles. The predicted molar refractivity (Wildman–Crippen MR) is 98.2 cm³/mol. The predicted octanol–water partition coefficient (Wildman–Crippen LogP) is 4.34. The molecule has 3 aromatic rings. The molecule has 1 heterocycles. The van der Waals surface area contributed by atoms with Gasteiger partial charge in [0.2, 0.25) is 5.91 Å². The van der Waals surface area contributed by atoms with Gasteiger partial charge in [-0.1, -0.05) is 41.4 Å². The first-order valence-electron chi connectivity index (χ1n) is 7.74. The second-order valence-electron chi connectivity index (χ2n) is 5.78. The molecule has 2 aromatic carbocycles. The second-order valence-corrected chi connectivity index (χ2v) is 6.62. The third kappa shape index (κ3) is 3.43. The van der Waals surface area contributed by atoms with E-state index in [0.29, 0.717) is 21.1 Å². The summed E-state index contributed by atoms with van der Waals surface area (Å²) in [5.41, 5.74) is 1.77. The first-order chi connectivity index (χ1) is 11.9. The molecular weight excluding hydrogens is 363 g/mol. The number of halogens is 2. The van der Waals surface area contributed by atoms with Gasteiger partial charge in [0, 0.05) is 10.0 Å². The molecule has 0 spiro atoms. The van der Waals surface area contributed by atoms with Crippen LogP contribution in [0.25, 0.3) is 11.1 Å².